The minimum absolute atomic E-state index is 0.247. The average molecular weight is 317 g/mol. The molecule has 2 N–H and O–H groups in total. The van der Waals surface area contributed by atoms with Crippen molar-refractivity contribution in [1.29, 1.82) is 0 Å². The number of nitrogens with one attached hydrogen (secondary N) is 2. The summed E-state index contributed by atoms with van der Waals surface area (Å²) in [6.07, 6.45) is 3.24. The second-order valence-corrected chi connectivity index (χ2v) is 5.25. The number of aryl methyl sites for hydroxylation is 1. The molecule has 0 aliphatic heterocycles. The molecule has 1 atom stereocenters. The van der Waals surface area contributed by atoms with Gasteiger partial charge in [-0.1, -0.05) is 12.1 Å². The van der Waals surface area contributed by atoms with Crippen molar-refractivity contribution in [3.8, 4) is 5.75 Å². The lowest BCUT2D eigenvalue weighted by Gasteiger charge is -2.17. The summed E-state index contributed by atoms with van der Waals surface area (Å²) in [5.41, 5.74) is 2.12. The summed E-state index contributed by atoms with van der Waals surface area (Å²) in [5, 5.41) is 5.53. The van der Waals surface area contributed by atoms with Crippen LogP contribution >= 0.6 is 0 Å². The number of hydrogen-bond acceptors (Lipinski definition) is 3. The van der Waals surface area contributed by atoms with Gasteiger partial charge in [-0.15, -0.1) is 0 Å². The Morgan fingerprint density at radius 1 is 1.39 bits per heavy atom. The Balaban J connectivity index is 1.92. The molecule has 0 aliphatic carbocycles. The maximum atomic E-state index is 13.5. The van der Waals surface area contributed by atoms with Crippen LogP contribution in [-0.4, -0.2) is 18.1 Å². The number of methoxy groups -OCH3 is 1. The van der Waals surface area contributed by atoms with Crippen molar-refractivity contribution >= 4 is 6.03 Å². The van der Waals surface area contributed by atoms with Crippen molar-refractivity contribution in [3.63, 3.8) is 0 Å². The number of rotatable bonds is 5. The molecule has 0 saturated carbocycles. The number of nitrogens with zero attached hydrogens (tertiary/aromatic N) is 1. The minimum atomic E-state index is -0.336. The number of benzene rings is 1. The number of hydrogen-bond donors (Lipinski definition) is 2. The van der Waals surface area contributed by atoms with Crippen LogP contribution in [0.25, 0.3) is 0 Å². The quantitative estimate of drug-likeness (QED) is 0.890. The first kappa shape index (κ1) is 16.7. The third kappa shape index (κ3) is 4.42. The fourth-order valence-electron chi connectivity index (χ4n) is 2.17. The highest BCUT2D eigenvalue weighted by Crippen LogP contribution is 2.23. The standard InChI is InChI=1S/C17H20FN3O2/c1-11-4-5-13(8-15(11)18)9-20-17(22)21-12(2)14-6-7-19-10-16(14)23-3/h4-8,10,12H,9H2,1-3H3,(H2,20,21,22). The summed E-state index contributed by atoms with van der Waals surface area (Å²) >= 11 is 0. The summed E-state index contributed by atoms with van der Waals surface area (Å²) in [6.45, 7) is 3.80. The zero-order valence-corrected chi connectivity index (χ0v) is 13.4. The van der Waals surface area contributed by atoms with Gasteiger partial charge in [-0.2, -0.15) is 0 Å². The van der Waals surface area contributed by atoms with Crippen molar-refractivity contribution in [2.45, 2.75) is 26.4 Å². The Kier molecular flexibility index (Phi) is 5.51. The molecule has 2 amide bonds. The lowest BCUT2D eigenvalue weighted by atomic mass is 10.1. The van der Waals surface area contributed by atoms with E-state index in [0.717, 1.165) is 5.56 Å². The molecule has 6 heteroatoms. The Morgan fingerprint density at radius 3 is 2.87 bits per heavy atom. The second-order valence-electron chi connectivity index (χ2n) is 5.25. The van der Waals surface area contributed by atoms with Gasteiger partial charge >= 0.3 is 6.03 Å². The molecule has 0 aliphatic rings. The normalized spacial score (nSPS) is 11.7. The Labute approximate surface area is 134 Å². The Morgan fingerprint density at radius 2 is 2.17 bits per heavy atom. The van der Waals surface area contributed by atoms with Crippen LogP contribution < -0.4 is 15.4 Å². The Hall–Kier alpha value is -2.63. The number of amides is 2. The molecule has 1 aromatic carbocycles. The van der Waals surface area contributed by atoms with Gasteiger partial charge in [-0.3, -0.25) is 4.98 Å². The van der Waals surface area contributed by atoms with Crippen LogP contribution in [0.3, 0.4) is 0 Å². The van der Waals surface area contributed by atoms with E-state index >= 15 is 0 Å². The van der Waals surface area contributed by atoms with Gasteiger partial charge in [0, 0.05) is 18.3 Å². The van der Waals surface area contributed by atoms with E-state index in [9.17, 15) is 9.18 Å². The van der Waals surface area contributed by atoms with Gasteiger partial charge in [-0.05, 0) is 37.1 Å². The first-order valence-electron chi connectivity index (χ1n) is 7.28. The molecule has 122 valence electrons. The zero-order chi connectivity index (χ0) is 16.8. The van der Waals surface area contributed by atoms with Crippen molar-refractivity contribution in [1.82, 2.24) is 15.6 Å². The van der Waals surface area contributed by atoms with Gasteiger partial charge in [0.15, 0.2) is 0 Å². The maximum Gasteiger partial charge on any atom is 0.315 e. The molecule has 1 unspecified atom stereocenters. The van der Waals surface area contributed by atoms with E-state index in [-0.39, 0.29) is 24.4 Å². The summed E-state index contributed by atoms with van der Waals surface area (Å²) in [6, 6.07) is 6.10. The van der Waals surface area contributed by atoms with E-state index in [1.165, 1.54) is 6.07 Å². The van der Waals surface area contributed by atoms with Crippen molar-refractivity contribution in [2.75, 3.05) is 7.11 Å². The summed E-state index contributed by atoms with van der Waals surface area (Å²) in [4.78, 5) is 16.0. The predicted octanol–water partition coefficient (Wildman–Crippen LogP) is 3.10. The summed E-state index contributed by atoms with van der Waals surface area (Å²) in [5.74, 6) is 0.334. The van der Waals surface area contributed by atoms with Crippen LogP contribution in [0.2, 0.25) is 0 Å². The molecule has 0 fully saturated rings. The van der Waals surface area contributed by atoms with Crippen LogP contribution in [0.5, 0.6) is 5.75 Å². The van der Waals surface area contributed by atoms with E-state index in [4.69, 9.17) is 4.74 Å². The van der Waals surface area contributed by atoms with Gasteiger partial charge in [-0.25, -0.2) is 9.18 Å². The zero-order valence-electron chi connectivity index (χ0n) is 13.4. The molecule has 23 heavy (non-hydrogen) atoms. The highest BCUT2D eigenvalue weighted by atomic mass is 19.1. The third-order valence-corrected chi connectivity index (χ3v) is 3.54. The smallest absolute Gasteiger partial charge is 0.315 e. The molecule has 0 radical (unpaired) electrons. The molecule has 2 aromatic rings. The molecular formula is C17H20FN3O2. The molecule has 0 saturated heterocycles. The number of pyridine rings is 1. The third-order valence-electron chi connectivity index (χ3n) is 3.54. The molecule has 1 aromatic heterocycles. The number of ether oxygens (including phenoxy) is 1. The van der Waals surface area contributed by atoms with E-state index in [1.54, 1.807) is 44.6 Å². The van der Waals surface area contributed by atoms with Crippen LogP contribution in [0, 0.1) is 12.7 Å². The van der Waals surface area contributed by atoms with Crippen LogP contribution in [0.15, 0.2) is 36.7 Å². The number of halogens is 1. The SMILES string of the molecule is COc1cnccc1C(C)NC(=O)NCc1ccc(C)c(F)c1. The fraction of sp³-hybridized carbons (Fsp3) is 0.294. The fourth-order valence-corrected chi connectivity index (χ4v) is 2.17. The lowest BCUT2D eigenvalue weighted by molar-refractivity contribution is 0.237. The van der Waals surface area contributed by atoms with Crippen molar-refractivity contribution in [2.24, 2.45) is 0 Å². The Bertz CT molecular complexity index is 691. The van der Waals surface area contributed by atoms with E-state index < -0.39 is 0 Å². The predicted molar refractivity (Wildman–Crippen MR) is 85.7 cm³/mol. The molecule has 1 heterocycles. The molecule has 5 nitrogen and oxygen atoms in total. The van der Waals surface area contributed by atoms with Gasteiger partial charge in [0.2, 0.25) is 0 Å². The van der Waals surface area contributed by atoms with Gasteiger partial charge in [0.1, 0.15) is 11.6 Å². The number of aromatic nitrogens is 1. The second kappa shape index (κ2) is 7.58. The first-order valence-corrected chi connectivity index (χ1v) is 7.28. The topological polar surface area (TPSA) is 63.2 Å². The van der Waals surface area contributed by atoms with Gasteiger partial charge < -0.3 is 15.4 Å². The highest BCUT2D eigenvalue weighted by Gasteiger charge is 2.13. The highest BCUT2D eigenvalue weighted by molar-refractivity contribution is 5.74. The largest absolute Gasteiger partial charge is 0.495 e. The minimum Gasteiger partial charge on any atom is -0.495 e. The lowest BCUT2D eigenvalue weighted by Crippen LogP contribution is -2.36. The monoisotopic (exact) mass is 317 g/mol. The number of carbonyl (C=O) groups is 1. The maximum absolute atomic E-state index is 13.5. The van der Waals surface area contributed by atoms with E-state index in [2.05, 4.69) is 15.6 Å². The van der Waals surface area contributed by atoms with E-state index in [0.29, 0.717) is 16.9 Å². The van der Waals surface area contributed by atoms with Gasteiger partial charge in [0.05, 0.1) is 19.3 Å². The molecular weight excluding hydrogens is 297 g/mol. The van der Waals surface area contributed by atoms with Crippen LogP contribution in [0.4, 0.5) is 9.18 Å². The number of carbonyl (C=O) groups excluding carboxylic acids is 1. The summed E-state index contributed by atoms with van der Waals surface area (Å²) < 4.78 is 18.7. The van der Waals surface area contributed by atoms with Crippen LogP contribution in [-0.2, 0) is 6.54 Å². The number of urea groups is 1. The summed E-state index contributed by atoms with van der Waals surface area (Å²) in [7, 11) is 1.55. The van der Waals surface area contributed by atoms with Crippen LogP contribution in [0.1, 0.15) is 29.7 Å². The first-order chi connectivity index (χ1) is 11.0. The molecule has 0 spiro atoms. The van der Waals surface area contributed by atoms with Crippen molar-refractivity contribution in [3.05, 3.63) is 59.2 Å². The molecule has 0 bridgehead atoms. The molecule has 2 rings (SSSR count). The van der Waals surface area contributed by atoms with Gasteiger partial charge in [0.25, 0.3) is 0 Å². The van der Waals surface area contributed by atoms with Crippen molar-refractivity contribution < 1.29 is 13.9 Å². The van der Waals surface area contributed by atoms with E-state index in [1.807, 2.05) is 6.92 Å². The average Bonchev–Trinajstić information content (AvgIpc) is 2.55.